The second kappa shape index (κ2) is 6.93. The number of carbonyl (C=O) groups is 2. The van der Waals surface area contributed by atoms with Crippen molar-refractivity contribution in [1.82, 2.24) is 10.6 Å². The van der Waals surface area contributed by atoms with Crippen LogP contribution >= 0.6 is 15.9 Å². The standard InChI is InChI=1S/C13H14BrF3N2O2/c1-3-18-11(20)7(2)19-12(21)9-5-4-8(14)6-10(9)13(15,16)17/h4-7H,3H2,1-2H3,(H,18,20)(H,19,21). The van der Waals surface area contributed by atoms with E-state index < -0.39 is 35.2 Å². The molecule has 0 aromatic heterocycles. The van der Waals surface area contributed by atoms with E-state index in [0.29, 0.717) is 6.54 Å². The summed E-state index contributed by atoms with van der Waals surface area (Å²) in [6.45, 7) is 3.46. The molecule has 1 aromatic rings. The molecule has 8 heteroatoms. The number of alkyl halides is 3. The fourth-order valence-electron chi connectivity index (χ4n) is 1.62. The summed E-state index contributed by atoms with van der Waals surface area (Å²) in [7, 11) is 0. The van der Waals surface area contributed by atoms with Crippen LogP contribution in [0.15, 0.2) is 22.7 Å². The van der Waals surface area contributed by atoms with Gasteiger partial charge in [0.2, 0.25) is 5.91 Å². The smallest absolute Gasteiger partial charge is 0.355 e. The SMILES string of the molecule is CCNC(=O)C(C)NC(=O)c1ccc(Br)cc1C(F)(F)F. The zero-order valence-electron chi connectivity index (χ0n) is 11.3. The minimum absolute atomic E-state index is 0.211. The third kappa shape index (κ3) is 4.73. The number of hydrogen-bond donors (Lipinski definition) is 2. The zero-order valence-corrected chi connectivity index (χ0v) is 12.9. The lowest BCUT2D eigenvalue weighted by molar-refractivity contribution is -0.138. The van der Waals surface area contributed by atoms with Crippen molar-refractivity contribution in [1.29, 1.82) is 0 Å². The summed E-state index contributed by atoms with van der Waals surface area (Å²) >= 11 is 2.94. The zero-order chi connectivity index (χ0) is 16.2. The molecule has 1 atom stereocenters. The third-order valence-electron chi connectivity index (χ3n) is 2.62. The van der Waals surface area contributed by atoms with Gasteiger partial charge >= 0.3 is 6.18 Å². The van der Waals surface area contributed by atoms with E-state index in [1.165, 1.54) is 13.0 Å². The van der Waals surface area contributed by atoms with Crippen LogP contribution < -0.4 is 10.6 Å². The lowest BCUT2D eigenvalue weighted by Crippen LogP contribution is -2.45. The van der Waals surface area contributed by atoms with Gasteiger partial charge in [-0.3, -0.25) is 9.59 Å². The summed E-state index contributed by atoms with van der Waals surface area (Å²) in [4.78, 5) is 23.4. The molecule has 0 heterocycles. The predicted octanol–water partition coefficient (Wildman–Crippen LogP) is 2.72. The average molecular weight is 367 g/mol. The molecule has 0 aliphatic heterocycles. The Hall–Kier alpha value is -1.57. The molecule has 0 saturated carbocycles. The number of hydrogen-bond acceptors (Lipinski definition) is 2. The monoisotopic (exact) mass is 366 g/mol. The van der Waals surface area contributed by atoms with Crippen molar-refractivity contribution in [3.05, 3.63) is 33.8 Å². The molecule has 21 heavy (non-hydrogen) atoms. The highest BCUT2D eigenvalue weighted by molar-refractivity contribution is 9.10. The molecule has 0 radical (unpaired) electrons. The van der Waals surface area contributed by atoms with Gasteiger partial charge in [0.1, 0.15) is 6.04 Å². The van der Waals surface area contributed by atoms with E-state index in [-0.39, 0.29) is 4.47 Å². The summed E-state index contributed by atoms with van der Waals surface area (Å²) in [5, 5.41) is 4.72. The maximum atomic E-state index is 12.9. The molecular formula is C13H14BrF3N2O2. The van der Waals surface area contributed by atoms with Crippen molar-refractivity contribution < 1.29 is 22.8 Å². The molecule has 4 nitrogen and oxygen atoms in total. The first-order chi connectivity index (χ1) is 9.66. The van der Waals surface area contributed by atoms with Gasteiger partial charge in [-0.2, -0.15) is 13.2 Å². The van der Waals surface area contributed by atoms with Crippen molar-refractivity contribution >= 4 is 27.7 Å². The van der Waals surface area contributed by atoms with E-state index in [4.69, 9.17) is 0 Å². The minimum Gasteiger partial charge on any atom is -0.355 e. The fraction of sp³-hybridized carbons (Fsp3) is 0.385. The lowest BCUT2D eigenvalue weighted by atomic mass is 10.1. The first kappa shape index (κ1) is 17.5. The van der Waals surface area contributed by atoms with Gasteiger partial charge in [-0.15, -0.1) is 0 Å². The second-order valence-electron chi connectivity index (χ2n) is 4.28. The maximum Gasteiger partial charge on any atom is 0.417 e. The van der Waals surface area contributed by atoms with Gasteiger partial charge in [0.05, 0.1) is 11.1 Å². The highest BCUT2D eigenvalue weighted by Crippen LogP contribution is 2.33. The molecule has 1 rings (SSSR count). The van der Waals surface area contributed by atoms with Crippen LogP contribution in [0.5, 0.6) is 0 Å². The molecule has 1 aromatic carbocycles. The summed E-state index contributed by atoms with van der Waals surface area (Å²) in [5.41, 5.74) is -1.58. The Morgan fingerprint density at radius 1 is 1.33 bits per heavy atom. The van der Waals surface area contributed by atoms with Gasteiger partial charge < -0.3 is 10.6 Å². The number of likely N-dealkylation sites (N-methyl/N-ethyl adjacent to an activating group) is 1. The Balaban J connectivity index is 3.00. The number of rotatable bonds is 4. The van der Waals surface area contributed by atoms with E-state index >= 15 is 0 Å². The molecule has 2 amide bonds. The van der Waals surface area contributed by atoms with Gasteiger partial charge in [-0.25, -0.2) is 0 Å². The molecule has 0 aliphatic rings. The van der Waals surface area contributed by atoms with E-state index in [1.807, 2.05) is 0 Å². The number of carbonyl (C=O) groups excluding carboxylic acids is 2. The molecule has 0 fully saturated rings. The van der Waals surface area contributed by atoms with Crippen molar-refractivity contribution in [2.24, 2.45) is 0 Å². The Labute approximate surface area is 128 Å². The topological polar surface area (TPSA) is 58.2 Å². The maximum absolute atomic E-state index is 12.9. The molecule has 0 saturated heterocycles. The normalized spacial score (nSPS) is 12.7. The van der Waals surface area contributed by atoms with E-state index in [1.54, 1.807) is 6.92 Å². The second-order valence-corrected chi connectivity index (χ2v) is 5.19. The molecule has 0 aliphatic carbocycles. The van der Waals surface area contributed by atoms with Crippen molar-refractivity contribution in [2.75, 3.05) is 6.54 Å². The van der Waals surface area contributed by atoms with Crippen LogP contribution in [0.2, 0.25) is 0 Å². The number of amides is 2. The third-order valence-corrected chi connectivity index (χ3v) is 3.12. The number of nitrogens with one attached hydrogen (secondary N) is 2. The fourth-order valence-corrected chi connectivity index (χ4v) is 1.98. The molecule has 116 valence electrons. The Morgan fingerprint density at radius 3 is 2.48 bits per heavy atom. The molecule has 2 N–H and O–H groups in total. The van der Waals surface area contributed by atoms with Gasteiger partial charge in [0.25, 0.3) is 5.91 Å². The van der Waals surface area contributed by atoms with E-state index in [9.17, 15) is 22.8 Å². The summed E-state index contributed by atoms with van der Waals surface area (Å²) in [6, 6.07) is 2.29. The van der Waals surface area contributed by atoms with Crippen LogP contribution in [0.25, 0.3) is 0 Å². The summed E-state index contributed by atoms with van der Waals surface area (Å²) in [6.07, 6.45) is -4.66. The van der Waals surface area contributed by atoms with Crippen molar-refractivity contribution in [3.63, 3.8) is 0 Å². The summed E-state index contributed by atoms with van der Waals surface area (Å²) in [5.74, 6) is -1.41. The van der Waals surface area contributed by atoms with Crippen LogP contribution in [0.4, 0.5) is 13.2 Å². The van der Waals surface area contributed by atoms with Crippen LogP contribution in [-0.2, 0) is 11.0 Å². The largest absolute Gasteiger partial charge is 0.417 e. The van der Waals surface area contributed by atoms with Crippen molar-refractivity contribution in [2.45, 2.75) is 26.1 Å². The molecule has 0 spiro atoms. The van der Waals surface area contributed by atoms with E-state index in [2.05, 4.69) is 26.6 Å². The van der Waals surface area contributed by atoms with Crippen LogP contribution in [0, 0.1) is 0 Å². The molecule has 0 bridgehead atoms. The predicted molar refractivity (Wildman–Crippen MR) is 74.8 cm³/mol. The first-order valence-electron chi connectivity index (χ1n) is 6.12. The Morgan fingerprint density at radius 2 is 1.95 bits per heavy atom. The number of benzene rings is 1. The Bertz CT molecular complexity index is 547. The van der Waals surface area contributed by atoms with Crippen molar-refractivity contribution in [3.8, 4) is 0 Å². The lowest BCUT2D eigenvalue weighted by Gasteiger charge is -2.16. The highest BCUT2D eigenvalue weighted by Gasteiger charge is 2.35. The first-order valence-corrected chi connectivity index (χ1v) is 6.91. The molecule has 1 unspecified atom stereocenters. The minimum atomic E-state index is -4.66. The quantitative estimate of drug-likeness (QED) is 0.860. The number of halogens is 4. The van der Waals surface area contributed by atoms with E-state index in [0.717, 1.165) is 12.1 Å². The van der Waals surface area contributed by atoms with Crippen LogP contribution in [-0.4, -0.2) is 24.4 Å². The molecular weight excluding hydrogens is 353 g/mol. The summed E-state index contributed by atoms with van der Waals surface area (Å²) < 4.78 is 39.0. The van der Waals surface area contributed by atoms with Crippen LogP contribution in [0.3, 0.4) is 0 Å². The van der Waals surface area contributed by atoms with Gasteiger partial charge in [0.15, 0.2) is 0 Å². The Kier molecular flexibility index (Phi) is 5.77. The highest BCUT2D eigenvalue weighted by atomic mass is 79.9. The van der Waals surface area contributed by atoms with Gasteiger partial charge in [-0.05, 0) is 32.0 Å². The van der Waals surface area contributed by atoms with Gasteiger partial charge in [0, 0.05) is 11.0 Å². The van der Waals surface area contributed by atoms with Crippen LogP contribution in [0.1, 0.15) is 29.8 Å². The van der Waals surface area contributed by atoms with Gasteiger partial charge in [-0.1, -0.05) is 15.9 Å². The average Bonchev–Trinajstić information content (AvgIpc) is 2.37.